The number of carbonyl (C=O) groups excluding carboxylic acids is 1. The van der Waals surface area contributed by atoms with Gasteiger partial charge in [-0.2, -0.15) is 0 Å². The molecule has 6 heteroatoms. The molecule has 1 unspecified atom stereocenters. The topological polar surface area (TPSA) is 78.9 Å². The maximum atomic E-state index is 13.9. The molecule has 0 bridgehead atoms. The molecule has 0 aliphatic rings. The van der Waals surface area contributed by atoms with Crippen molar-refractivity contribution in [3.63, 3.8) is 0 Å². The number of ether oxygens (including phenoxy) is 1. The van der Waals surface area contributed by atoms with Crippen molar-refractivity contribution in [1.82, 2.24) is 4.90 Å². The van der Waals surface area contributed by atoms with Crippen LogP contribution in [-0.2, 0) is 17.8 Å². The van der Waals surface area contributed by atoms with Crippen LogP contribution in [0.4, 0.5) is 10.5 Å². The zero-order valence-electron chi connectivity index (χ0n) is 24.2. The van der Waals surface area contributed by atoms with Crippen LogP contribution in [0, 0.1) is 0 Å². The molecule has 2 N–H and O–H groups in total. The summed E-state index contributed by atoms with van der Waals surface area (Å²) >= 11 is 0. The molecule has 0 radical (unpaired) electrons. The van der Waals surface area contributed by atoms with E-state index in [4.69, 9.17) is 4.74 Å². The molecule has 0 saturated carbocycles. The molecule has 208 valence electrons. The molecule has 3 aromatic carbocycles. The van der Waals surface area contributed by atoms with Gasteiger partial charge < -0.3 is 15.2 Å². The molecule has 1 atom stereocenters. The van der Waals surface area contributed by atoms with Gasteiger partial charge in [0.2, 0.25) is 5.91 Å². The highest BCUT2D eigenvalue weighted by Crippen LogP contribution is 2.33. The van der Waals surface area contributed by atoms with Crippen molar-refractivity contribution in [2.24, 2.45) is 0 Å². The minimum Gasteiger partial charge on any atom is -0.489 e. The Hall–Kier alpha value is -3.80. The average Bonchev–Trinajstić information content (AvgIpc) is 2.87. The number of nitrogens with zero attached hydrogens (tertiary/aromatic N) is 1. The number of amides is 2. The summed E-state index contributed by atoms with van der Waals surface area (Å²) in [5, 5.41) is 13.4. The summed E-state index contributed by atoms with van der Waals surface area (Å²) in [5.74, 6) is 0.756. The number of rotatable bonds is 10. The van der Waals surface area contributed by atoms with E-state index in [-0.39, 0.29) is 24.2 Å². The number of para-hydroxylation sites is 1. The fourth-order valence-corrected chi connectivity index (χ4v) is 4.78. The molecule has 0 saturated heterocycles. The van der Waals surface area contributed by atoms with Crippen LogP contribution in [-0.4, -0.2) is 33.6 Å². The lowest BCUT2D eigenvalue weighted by Crippen LogP contribution is -2.56. The number of anilines is 1. The van der Waals surface area contributed by atoms with Gasteiger partial charge in [0.05, 0.1) is 0 Å². The Morgan fingerprint density at radius 2 is 1.38 bits per heavy atom. The zero-order valence-corrected chi connectivity index (χ0v) is 24.2. The standard InChI is InChI=1S/C33H42N2O4/c1-22(2)27-14-11-15-28(23(3)4)30(27)34-31(36)29(35(32(37)38)33(5,6)7)20-24-16-18-26(19-17-24)39-21-25-12-9-8-10-13-25/h8-19,22-23,29H,20-21H2,1-7H3,(H,34,36)(H,37,38). The van der Waals surface area contributed by atoms with E-state index >= 15 is 0 Å². The summed E-state index contributed by atoms with van der Waals surface area (Å²) in [6.07, 6.45) is -0.901. The van der Waals surface area contributed by atoms with Gasteiger partial charge in [-0.05, 0) is 67.0 Å². The SMILES string of the molecule is CC(C)c1cccc(C(C)C)c1NC(=O)C(Cc1ccc(OCc2ccccc2)cc1)N(C(=O)O)C(C)(C)C. The first-order valence-corrected chi connectivity index (χ1v) is 13.6. The summed E-state index contributed by atoms with van der Waals surface area (Å²) in [4.78, 5) is 27.7. The predicted molar refractivity (Wildman–Crippen MR) is 158 cm³/mol. The smallest absolute Gasteiger partial charge is 0.408 e. The number of carboxylic acid groups (broad SMARTS) is 1. The molecule has 3 rings (SSSR count). The van der Waals surface area contributed by atoms with Crippen molar-refractivity contribution in [2.45, 2.75) is 84.9 Å². The van der Waals surface area contributed by atoms with Crippen molar-refractivity contribution < 1.29 is 19.4 Å². The number of benzene rings is 3. The molecule has 0 fully saturated rings. The second-order valence-electron chi connectivity index (χ2n) is 11.6. The third-order valence-electron chi connectivity index (χ3n) is 6.76. The maximum absolute atomic E-state index is 13.9. The van der Waals surface area contributed by atoms with Gasteiger partial charge in [0, 0.05) is 17.6 Å². The van der Waals surface area contributed by atoms with E-state index in [1.807, 2.05) is 93.6 Å². The van der Waals surface area contributed by atoms with Crippen molar-refractivity contribution in [3.8, 4) is 5.75 Å². The van der Waals surface area contributed by atoms with Crippen LogP contribution in [0.15, 0.2) is 72.8 Å². The highest BCUT2D eigenvalue weighted by atomic mass is 16.5. The summed E-state index contributed by atoms with van der Waals surface area (Å²) in [5.41, 5.74) is 3.98. The second-order valence-corrected chi connectivity index (χ2v) is 11.6. The summed E-state index contributed by atoms with van der Waals surface area (Å²) < 4.78 is 5.91. The van der Waals surface area contributed by atoms with E-state index < -0.39 is 17.7 Å². The van der Waals surface area contributed by atoms with Crippen molar-refractivity contribution in [2.75, 3.05) is 5.32 Å². The van der Waals surface area contributed by atoms with Crippen LogP contribution in [0.25, 0.3) is 0 Å². The first-order chi connectivity index (χ1) is 18.4. The van der Waals surface area contributed by atoms with E-state index in [1.165, 1.54) is 4.90 Å². The lowest BCUT2D eigenvalue weighted by Gasteiger charge is -2.39. The van der Waals surface area contributed by atoms with Crippen molar-refractivity contribution in [3.05, 3.63) is 95.1 Å². The molecular weight excluding hydrogens is 488 g/mol. The predicted octanol–water partition coefficient (Wildman–Crippen LogP) is 7.84. The van der Waals surface area contributed by atoms with Gasteiger partial charge in [0.1, 0.15) is 18.4 Å². The van der Waals surface area contributed by atoms with E-state index in [2.05, 4.69) is 33.0 Å². The average molecular weight is 531 g/mol. The van der Waals surface area contributed by atoms with Crippen LogP contribution >= 0.6 is 0 Å². The van der Waals surface area contributed by atoms with Gasteiger partial charge in [-0.1, -0.05) is 88.4 Å². The number of nitrogens with one attached hydrogen (secondary N) is 1. The fraction of sp³-hybridized carbons (Fsp3) is 0.394. The molecule has 3 aromatic rings. The highest BCUT2D eigenvalue weighted by molar-refractivity contribution is 5.98. The third kappa shape index (κ3) is 7.85. The Bertz CT molecular complexity index is 1220. The first kappa shape index (κ1) is 29.8. The lowest BCUT2D eigenvalue weighted by atomic mass is 9.92. The molecule has 0 heterocycles. The van der Waals surface area contributed by atoms with Crippen LogP contribution in [0.5, 0.6) is 5.75 Å². The van der Waals surface area contributed by atoms with E-state index in [0.29, 0.717) is 12.4 Å². The Kier molecular flexibility index (Phi) is 9.79. The van der Waals surface area contributed by atoms with Crippen LogP contribution < -0.4 is 10.1 Å². The van der Waals surface area contributed by atoms with Gasteiger partial charge in [-0.25, -0.2) is 4.79 Å². The molecule has 0 aliphatic carbocycles. The monoisotopic (exact) mass is 530 g/mol. The first-order valence-electron chi connectivity index (χ1n) is 13.6. The highest BCUT2D eigenvalue weighted by Gasteiger charge is 2.38. The van der Waals surface area contributed by atoms with E-state index in [9.17, 15) is 14.7 Å². The third-order valence-corrected chi connectivity index (χ3v) is 6.76. The summed E-state index contributed by atoms with van der Waals surface area (Å²) in [6.45, 7) is 14.2. The van der Waals surface area contributed by atoms with Crippen LogP contribution in [0.2, 0.25) is 0 Å². The van der Waals surface area contributed by atoms with Gasteiger partial charge in [0.15, 0.2) is 0 Å². The zero-order chi connectivity index (χ0) is 28.7. The maximum Gasteiger partial charge on any atom is 0.408 e. The number of carbonyl (C=O) groups is 2. The summed E-state index contributed by atoms with van der Waals surface area (Å²) in [7, 11) is 0. The largest absolute Gasteiger partial charge is 0.489 e. The van der Waals surface area contributed by atoms with Crippen LogP contribution in [0.3, 0.4) is 0 Å². The van der Waals surface area contributed by atoms with Gasteiger partial charge in [-0.15, -0.1) is 0 Å². The Morgan fingerprint density at radius 3 is 1.87 bits per heavy atom. The van der Waals surface area contributed by atoms with Gasteiger partial charge in [-0.3, -0.25) is 9.69 Å². The normalized spacial score (nSPS) is 12.3. The Balaban J connectivity index is 1.90. The van der Waals surface area contributed by atoms with Gasteiger partial charge >= 0.3 is 6.09 Å². The van der Waals surface area contributed by atoms with Gasteiger partial charge in [0.25, 0.3) is 0 Å². The lowest BCUT2D eigenvalue weighted by molar-refractivity contribution is -0.122. The molecule has 6 nitrogen and oxygen atoms in total. The van der Waals surface area contributed by atoms with E-state index in [0.717, 1.165) is 27.9 Å². The molecule has 2 amide bonds. The Morgan fingerprint density at radius 1 is 0.821 bits per heavy atom. The van der Waals surface area contributed by atoms with Crippen molar-refractivity contribution in [1.29, 1.82) is 0 Å². The van der Waals surface area contributed by atoms with Crippen molar-refractivity contribution >= 4 is 17.7 Å². The molecular formula is C33H42N2O4. The molecule has 39 heavy (non-hydrogen) atoms. The number of hydrogen-bond acceptors (Lipinski definition) is 3. The minimum atomic E-state index is -1.13. The fourth-order valence-electron chi connectivity index (χ4n) is 4.78. The van der Waals surface area contributed by atoms with E-state index in [1.54, 1.807) is 0 Å². The quantitative estimate of drug-likeness (QED) is 0.280. The molecule has 0 aliphatic heterocycles. The minimum absolute atomic E-state index is 0.194. The number of hydrogen-bond donors (Lipinski definition) is 2. The Labute approximate surface area is 233 Å². The summed E-state index contributed by atoms with van der Waals surface area (Å²) in [6, 6.07) is 22.6. The molecule has 0 spiro atoms. The molecule has 0 aromatic heterocycles. The second kappa shape index (κ2) is 12.8. The van der Waals surface area contributed by atoms with Crippen LogP contribution in [0.1, 0.15) is 82.6 Å².